The van der Waals surface area contributed by atoms with Gasteiger partial charge in [-0.05, 0) is 24.0 Å². The number of hydrogen-bond donors (Lipinski definition) is 2. The number of nitrogens with zero attached hydrogens (tertiary/aromatic N) is 2. The van der Waals surface area contributed by atoms with Crippen LogP contribution in [-0.4, -0.2) is 56.1 Å². The number of anilines is 1. The quantitative estimate of drug-likeness (QED) is 0.421. The topological polar surface area (TPSA) is 89.2 Å². The maximum absolute atomic E-state index is 12.1. The van der Waals surface area contributed by atoms with Crippen LogP contribution in [0.4, 0.5) is 5.69 Å². The highest BCUT2D eigenvalue weighted by Crippen LogP contribution is 2.22. The minimum Gasteiger partial charge on any atom is -0.384 e. The van der Waals surface area contributed by atoms with E-state index < -0.39 is 0 Å². The predicted octanol–water partition coefficient (Wildman–Crippen LogP) is 1.37. The van der Waals surface area contributed by atoms with E-state index in [1.54, 1.807) is 0 Å². The van der Waals surface area contributed by atoms with Crippen LogP contribution in [0.5, 0.6) is 0 Å². The number of ether oxygens (including phenoxy) is 1. The van der Waals surface area contributed by atoms with Crippen LogP contribution < -0.4 is 11.1 Å². The SMILES string of the molecule is CCc1cccc(CC)c1NC(=O)CO/N=C(\N)CN1CCOCC1. The van der Waals surface area contributed by atoms with Crippen LogP contribution in [0.15, 0.2) is 23.4 Å². The first kappa shape index (κ1) is 19.2. The summed E-state index contributed by atoms with van der Waals surface area (Å²) >= 11 is 0. The lowest BCUT2D eigenvalue weighted by atomic mass is 10.0. The van der Waals surface area contributed by atoms with Gasteiger partial charge in [-0.2, -0.15) is 0 Å². The van der Waals surface area contributed by atoms with Crippen LogP contribution >= 0.6 is 0 Å². The monoisotopic (exact) mass is 348 g/mol. The first-order valence-corrected chi connectivity index (χ1v) is 8.79. The van der Waals surface area contributed by atoms with E-state index in [2.05, 4.69) is 29.2 Å². The van der Waals surface area contributed by atoms with E-state index in [0.29, 0.717) is 25.6 Å². The third-order valence-electron chi connectivity index (χ3n) is 4.13. The van der Waals surface area contributed by atoms with E-state index >= 15 is 0 Å². The third-order valence-corrected chi connectivity index (χ3v) is 4.13. The van der Waals surface area contributed by atoms with E-state index in [1.165, 1.54) is 0 Å². The number of aryl methyl sites for hydroxylation is 2. The number of para-hydroxylation sites is 1. The van der Waals surface area contributed by atoms with Crippen molar-refractivity contribution in [2.24, 2.45) is 10.9 Å². The number of rotatable bonds is 8. The van der Waals surface area contributed by atoms with Gasteiger partial charge in [0.1, 0.15) is 0 Å². The number of carbonyl (C=O) groups excluding carboxylic acids is 1. The number of oxime groups is 1. The molecule has 0 bridgehead atoms. The molecule has 1 aromatic carbocycles. The normalized spacial score (nSPS) is 15.8. The zero-order valence-electron chi connectivity index (χ0n) is 15.1. The second-order valence-corrected chi connectivity index (χ2v) is 5.95. The minimum atomic E-state index is -0.237. The summed E-state index contributed by atoms with van der Waals surface area (Å²) in [5, 5.41) is 6.77. The van der Waals surface area contributed by atoms with Crippen molar-refractivity contribution < 1.29 is 14.4 Å². The van der Waals surface area contributed by atoms with Gasteiger partial charge in [-0.25, -0.2) is 0 Å². The molecule has 1 amide bonds. The maximum atomic E-state index is 12.1. The largest absolute Gasteiger partial charge is 0.384 e. The number of amides is 1. The summed E-state index contributed by atoms with van der Waals surface area (Å²) in [5.74, 6) is 0.122. The molecule has 1 saturated heterocycles. The van der Waals surface area contributed by atoms with Crippen molar-refractivity contribution in [3.8, 4) is 0 Å². The molecule has 0 aromatic heterocycles. The Morgan fingerprint density at radius 1 is 1.28 bits per heavy atom. The lowest BCUT2D eigenvalue weighted by Crippen LogP contribution is -2.41. The van der Waals surface area contributed by atoms with E-state index in [1.807, 2.05) is 18.2 Å². The van der Waals surface area contributed by atoms with Crippen LogP contribution in [0.1, 0.15) is 25.0 Å². The van der Waals surface area contributed by atoms with E-state index in [4.69, 9.17) is 15.3 Å². The highest BCUT2D eigenvalue weighted by atomic mass is 16.6. The lowest BCUT2D eigenvalue weighted by Gasteiger charge is -2.25. The van der Waals surface area contributed by atoms with Crippen LogP contribution in [-0.2, 0) is 27.2 Å². The van der Waals surface area contributed by atoms with Gasteiger partial charge in [-0.15, -0.1) is 0 Å². The molecule has 0 radical (unpaired) electrons. The van der Waals surface area contributed by atoms with Crippen LogP contribution in [0.3, 0.4) is 0 Å². The van der Waals surface area contributed by atoms with Gasteiger partial charge in [0.2, 0.25) is 0 Å². The number of morpholine rings is 1. The summed E-state index contributed by atoms with van der Waals surface area (Å²) in [6.45, 7) is 7.54. The second-order valence-electron chi connectivity index (χ2n) is 5.95. The lowest BCUT2D eigenvalue weighted by molar-refractivity contribution is -0.120. The number of hydrogen-bond acceptors (Lipinski definition) is 5. The molecule has 0 atom stereocenters. The Kier molecular flexibility index (Phi) is 7.69. The zero-order chi connectivity index (χ0) is 18.1. The Balaban J connectivity index is 1.83. The molecule has 1 aromatic rings. The highest BCUT2D eigenvalue weighted by molar-refractivity contribution is 5.93. The van der Waals surface area contributed by atoms with Gasteiger partial charge >= 0.3 is 0 Å². The molecule has 0 aliphatic carbocycles. The van der Waals surface area contributed by atoms with Gasteiger partial charge < -0.3 is 20.6 Å². The average molecular weight is 348 g/mol. The van der Waals surface area contributed by atoms with Crippen molar-refractivity contribution in [2.75, 3.05) is 44.8 Å². The second kappa shape index (κ2) is 10.0. The molecular weight excluding hydrogens is 320 g/mol. The first-order chi connectivity index (χ1) is 12.1. The number of carbonyl (C=O) groups is 1. The van der Waals surface area contributed by atoms with Gasteiger partial charge in [0.05, 0.1) is 19.8 Å². The van der Waals surface area contributed by atoms with Crippen molar-refractivity contribution >= 4 is 17.4 Å². The molecule has 138 valence electrons. The Morgan fingerprint density at radius 3 is 2.52 bits per heavy atom. The Hall–Kier alpha value is -2.12. The Bertz CT molecular complexity index is 576. The van der Waals surface area contributed by atoms with E-state index in [9.17, 15) is 4.79 Å². The van der Waals surface area contributed by atoms with Crippen molar-refractivity contribution in [1.82, 2.24) is 4.90 Å². The fourth-order valence-electron chi connectivity index (χ4n) is 2.77. The van der Waals surface area contributed by atoms with Gasteiger partial charge in [0.25, 0.3) is 5.91 Å². The molecular formula is C18H28N4O3. The predicted molar refractivity (Wildman–Crippen MR) is 98.7 cm³/mol. The molecule has 1 aliphatic rings. The molecule has 25 heavy (non-hydrogen) atoms. The summed E-state index contributed by atoms with van der Waals surface area (Å²) in [7, 11) is 0. The van der Waals surface area contributed by atoms with Gasteiger partial charge in [0, 0.05) is 18.8 Å². The van der Waals surface area contributed by atoms with Crippen molar-refractivity contribution in [3.63, 3.8) is 0 Å². The molecule has 7 nitrogen and oxygen atoms in total. The van der Waals surface area contributed by atoms with Crippen molar-refractivity contribution in [3.05, 3.63) is 29.3 Å². The minimum absolute atomic E-state index is 0.162. The smallest absolute Gasteiger partial charge is 0.265 e. The van der Waals surface area contributed by atoms with Crippen LogP contribution in [0.25, 0.3) is 0 Å². The Labute approximate surface area is 149 Å². The van der Waals surface area contributed by atoms with Crippen molar-refractivity contribution in [2.45, 2.75) is 26.7 Å². The van der Waals surface area contributed by atoms with Crippen molar-refractivity contribution in [1.29, 1.82) is 0 Å². The van der Waals surface area contributed by atoms with Gasteiger partial charge in [-0.3, -0.25) is 9.69 Å². The molecule has 1 fully saturated rings. The fourth-order valence-corrected chi connectivity index (χ4v) is 2.77. The summed E-state index contributed by atoms with van der Waals surface area (Å²) in [6.07, 6.45) is 1.71. The summed E-state index contributed by atoms with van der Waals surface area (Å²) in [4.78, 5) is 19.4. The number of nitrogens with one attached hydrogen (secondary N) is 1. The molecule has 2 rings (SSSR count). The fraction of sp³-hybridized carbons (Fsp3) is 0.556. The van der Waals surface area contributed by atoms with E-state index in [0.717, 1.165) is 42.7 Å². The number of benzene rings is 1. The van der Waals surface area contributed by atoms with E-state index in [-0.39, 0.29) is 12.5 Å². The zero-order valence-corrected chi connectivity index (χ0v) is 15.1. The number of nitrogens with two attached hydrogens (primary N) is 1. The molecule has 0 spiro atoms. The maximum Gasteiger partial charge on any atom is 0.265 e. The van der Waals surface area contributed by atoms with Gasteiger partial charge in [0.15, 0.2) is 12.4 Å². The highest BCUT2D eigenvalue weighted by Gasteiger charge is 2.13. The van der Waals surface area contributed by atoms with Gasteiger partial charge in [-0.1, -0.05) is 37.2 Å². The molecule has 3 N–H and O–H groups in total. The number of amidine groups is 1. The molecule has 7 heteroatoms. The molecule has 1 aliphatic heterocycles. The summed E-state index contributed by atoms with van der Waals surface area (Å²) in [6, 6.07) is 6.06. The molecule has 0 saturated carbocycles. The summed E-state index contributed by atoms with van der Waals surface area (Å²) < 4.78 is 5.28. The van der Waals surface area contributed by atoms with Crippen LogP contribution in [0.2, 0.25) is 0 Å². The van der Waals surface area contributed by atoms with Crippen LogP contribution in [0, 0.1) is 0 Å². The molecule has 0 unspecified atom stereocenters. The third kappa shape index (κ3) is 6.03. The first-order valence-electron chi connectivity index (χ1n) is 8.79. The average Bonchev–Trinajstić information content (AvgIpc) is 2.62. The molecule has 1 heterocycles. The Morgan fingerprint density at radius 2 is 1.92 bits per heavy atom. The summed E-state index contributed by atoms with van der Waals surface area (Å²) in [5.41, 5.74) is 8.95. The standard InChI is InChI=1S/C18H28N4O3/c1-3-14-6-5-7-15(4-2)18(14)20-17(23)13-25-21-16(19)12-22-8-10-24-11-9-22/h5-7H,3-4,8-13H2,1-2H3,(H2,19,21)(H,20,23).